The lowest BCUT2D eigenvalue weighted by Gasteiger charge is -2.33. The van der Waals surface area contributed by atoms with Crippen LogP contribution in [0.15, 0.2) is 10.2 Å². The second-order valence-electron chi connectivity index (χ2n) is 5.43. The molecule has 1 heterocycles. The second-order valence-corrected chi connectivity index (χ2v) is 5.43. The van der Waals surface area contributed by atoms with Crippen LogP contribution in [0.4, 0.5) is 4.39 Å². The van der Waals surface area contributed by atoms with E-state index in [-0.39, 0.29) is 12.6 Å². The average Bonchev–Trinajstić information content (AvgIpc) is 2.31. The van der Waals surface area contributed by atoms with Gasteiger partial charge < -0.3 is 0 Å². The molecule has 1 saturated carbocycles. The van der Waals surface area contributed by atoms with Gasteiger partial charge in [-0.3, -0.25) is 4.39 Å². The van der Waals surface area contributed by atoms with Crippen LogP contribution in [0.2, 0.25) is 0 Å². The van der Waals surface area contributed by atoms with Gasteiger partial charge in [-0.15, -0.1) is 0 Å². The molecule has 2 nitrogen and oxygen atoms in total. The first-order chi connectivity index (χ1) is 8.26. The number of nitrogens with zero attached hydrogens (tertiary/aromatic N) is 2. The largest absolute Gasteiger partial charge is 0.251 e. The van der Waals surface area contributed by atoms with Crippen LogP contribution >= 0.6 is 0 Å². The van der Waals surface area contributed by atoms with E-state index in [9.17, 15) is 4.39 Å². The monoisotopic (exact) mass is 237 g/mol. The van der Waals surface area contributed by atoms with Crippen LogP contribution in [0.5, 0.6) is 0 Å². The molecule has 2 rings (SSSR count). The first-order valence-corrected chi connectivity index (χ1v) is 6.93. The topological polar surface area (TPSA) is 24.7 Å². The maximum atomic E-state index is 12.8. The Hall–Kier alpha value is -0.730. The van der Waals surface area contributed by atoms with E-state index in [0.717, 1.165) is 38.5 Å². The molecule has 3 unspecified atom stereocenters. The summed E-state index contributed by atoms with van der Waals surface area (Å²) in [6, 6.07) is 0. The van der Waals surface area contributed by atoms with Crippen LogP contribution in [-0.4, -0.2) is 18.1 Å². The zero-order valence-corrected chi connectivity index (χ0v) is 11.0. The first-order valence-electron chi connectivity index (χ1n) is 6.93. The van der Waals surface area contributed by atoms with Gasteiger partial charge in [0.25, 0.3) is 0 Å². The number of rotatable bonds is 2. The molecular formula is C14H23FN2. The van der Waals surface area contributed by atoms with Crippen LogP contribution in [0.3, 0.4) is 0 Å². The van der Waals surface area contributed by atoms with Crippen molar-refractivity contribution in [2.45, 2.75) is 52.4 Å². The Labute approximate surface area is 103 Å². The van der Waals surface area contributed by atoms with E-state index in [1.54, 1.807) is 0 Å². The van der Waals surface area contributed by atoms with Gasteiger partial charge in [0.1, 0.15) is 0 Å². The average molecular weight is 237 g/mol. The predicted molar refractivity (Wildman–Crippen MR) is 70.4 cm³/mol. The summed E-state index contributed by atoms with van der Waals surface area (Å²) in [6.07, 6.45) is 6.45. The van der Waals surface area contributed by atoms with Gasteiger partial charge >= 0.3 is 0 Å². The molecule has 96 valence electrons. The molecule has 0 saturated heterocycles. The Morgan fingerprint density at radius 3 is 2.65 bits per heavy atom. The van der Waals surface area contributed by atoms with Gasteiger partial charge in [-0.25, -0.2) is 0 Å². The molecule has 0 amide bonds. The number of fused-ring (bicyclic) bond motifs is 1. The van der Waals surface area contributed by atoms with Crippen LogP contribution in [0.1, 0.15) is 52.4 Å². The van der Waals surface area contributed by atoms with Crippen molar-refractivity contribution in [3.05, 3.63) is 0 Å². The van der Waals surface area contributed by atoms with Crippen LogP contribution < -0.4 is 0 Å². The van der Waals surface area contributed by atoms with Crippen molar-refractivity contribution in [3.63, 3.8) is 0 Å². The fraction of sp³-hybridized carbons (Fsp3) is 0.857. The molecule has 0 bridgehead atoms. The van der Waals surface area contributed by atoms with Crippen LogP contribution in [0, 0.1) is 17.8 Å². The lowest BCUT2D eigenvalue weighted by Crippen LogP contribution is -2.33. The van der Waals surface area contributed by atoms with E-state index in [2.05, 4.69) is 24.1 Å². The highest BCUT2D eigenvalue weighted by atomic mass is 18.2. The van der Waals surface area contributed by atoms with Crippen molar-refractivity contribution < 1.29 is 4.39 Å². The lowest BCUT2D eigenvalue weighted by molar-refractivity contribution is 0.267. The molecule has 1 aliphatic heterocycles. The first kappa shape index (κ1) is 12.7. The minimum atomic E-state index is -0.150. The Kier molecular flexibility index (Phi) is 4.30. The molecule has 0 aromatic carbocycles. The third-order valence-electron chi connectivity index (χ3n) is 4.38. The molecule has 0 aromatic rings. The lowest BCUT2D eigenvalue weighted by atomic mass is 9.74. The normalized spacial score (nSPS) is 34.2. The molecule has 0 radical (unpaired) electrons. The minimum Gasteiger partial charge on any atom is -0.251 e. The van der Waals surface area contributed by atoms with Crippen LogP contribution in [-0.2, 0) is 0 Å². The standard InChI is InChI=1S/C14H23FN2/c1-3-14-13-8-7-11(9-15)5-4-6-12(13)10(2)16-17-14/h11-13H,3-9H2,1-2H3/i15-1. The fourth-order valence-electron chi connectivity index (χ4n) is 3.27. The Morgan fingerprint density at radius 1 is 1.12 bits per heavy atom. The maximum Gasteiger partial charge on any atom is 0.0922 e. The highest BCUT2D eigenvalue weighted by Crippen LogP contribution is 2.35. The molecule has 2 aliphatic rings. The van der Waals surface area contributed by atoms with Crippen molar-refractivity contribution in [2.24, 2.45) is 28.0 Å². The minimum absolute atomic E-state index is 0.150. The van der Waals surface area contributed by atoms with Crippen molar-refractivity contribution in [3.8, 4) is 0 Å². The quantitative estimate of drug-likeness (QED) is 0.693. The molecule has 17 heavy (non-hydrogen) atoms. The summed E-state index contributed by atoms with van der Waals surface area (Å²) in [5.41, 5.74) is 2.42. The summed E-state index contributed by atoms with van der Waals surface area (Å²) < 4.78 is 12.8. The van der Waals surface area contributed by atoms with Gasteiger partial charge in [-0.05, 0) is 44.9 Å². The van der Waals surface area contributed by atoms with Gasteiger partial charge in [0.05, 0.1) is 6.67 Å². The SMILES string of the molecule is CCC1=NN=C(C)C2CCCC(C[18F])CCC12. The van der Waals surface area contributed by atoms with Gasteiger partial charge in [-0.1, -0.05) is 13.3 Å². The maximum absolute atomic E-state index is 12.8. The summed E-state index contributed by atoms with van der Waals surface area (Å²) in [4.78, 5) is 0. The van der Waals surface area contributed by atoms with Gasteiger partial charge in [0, 0.05) is 23.3 Å². The summed E-state index contributed by atoms with van der Waals surface area (Å²) >= 11 is 0. The van der Waals surface area contributed by atoms with Crippen molar-refractivity contribution in [1.82, 2.24) is 0 Å². The van der Waals surface area contributed by atoms with Crippen molar-refractivity contribution >= 4 is 11.4 Å². The third-order valence-corrected chi connectivity index (χ3v) is 4.38. The van der Waals surface area contributed by atoms with E-state index in [1.807, 2.05) is 0 Å². The van der Waals surface area contributed by atoms with E-state index in [1.165, 1.54) is 11.4 Å². The number of hydrogen-bond donors (Lipinski definition) is 0. The number of alkyl halides is 1. The second kappa shape index (κ2) is 5.74. The summed E-state index contributed by atoms with van der Waals surface area (Å²) in [6.45, 7) is 4.10. The molecule has 0 spiro atoms. The number of hydrogen-bond acceptors (Lipinski definition) is 2. The zero-order chi connectivity index (χ0) is 12.3. The summed E-state index contributed by atoms with van der Waals surface area (Å²) in [5, 5.41) is 8.66. The fourth-order valence-corrected chi connectivity index (χ4v) is 3.27. The molecule has 0 aromatic heterocycles. The van der Waals surface area contributed by atoms with Gasteiger partial charge in [0.15, 0.2) is 0 Å². The highest BCUT2D eigenvalue weighted by molar-refractivity contribution is 5.97. The van der Waals surface area contributed by atoms with Crippen molar-refractivity contribution in [1.29, 1.82) is 0 Å². The molecule has 3 atom stereocenters. The highest BCUT2D eigenvalue weighted by Gasteiger charge is 2.32. The number of halogens is 1. The Morgan fingerprint density at radius 2 is 1.94 bits per heavy atom. The Balaban J connectivity index is 2.12. The van der Waals surface area contributed by atoms with Crippen LogP contribution in [0.25, 0.3) is 0 Å². The predicted octanol–water partition coefficient (Wildman–Crippen LogP) is 4.01. The van der Waals surface area contributed by atoms with E-state index < -0.39 is 0 Å². The zero-order valence-electron chi connectivity index (χ0n) is 11.0. The third kappa shape index (κ3) is 2.75. The van der Waals surface area contributed by atoms with Gasteiger partial charge in [-0.2, -0.15) is 10.2 Å². The van der Waals surface area contributed by atoms with Gasteiger partial charge in [0.2, 0.25) is 0 Å². The summed E-state index contributed by atoms with van der Waals surface area (Å²) in [7, 11) is 0. The Bertz CT molecular complexity index is 322. The molecule has 1 fully saturated rings. The molecule has 3 heteroatoms. The summed E-state index contributed by atoms with van der Waals surface area (Å²) in [5.74, 6) is 1.39. The van der Waals surface area contributed by atoms with E-state index >= 15 is 0 Å². The smallest absolute Gasteiger partial charge is 0.0922 e. The van der Waals surface area contributed by atoms with Crippen molar-refractivity contribution in [2.75, 3.05) is 6.67 Å². The van der Waals surface area contributed by atoms with E-state index in [0.29, 0.717) is 11.8 Å². The van der Waals surface area contributed by atoms with E-state index in [4.69, 9.17) is 0 Å². The molecule has 1 aliphatic carbocycles. The molecular weight excluding hydrogens is 214 g/mol. The molecule has 0 N–H and O–H groups in total.